The van der Waals surface area contributed by atoms with Crippen molar-refractivity contribution in [2.24, 2.45) is 5.92 Å². The number of thioether (sulfide) groups is 1. The Kier molecular flexibility index (Phi) is 7.30. The first-order valence-corrected chi connectivity index (χ1v) is 11.9. The molecule has 0 unspecified atom stereocenters. The number of rotatable bonds is 8. The SMILES string of the molecule is C=C(/C(=C\C(=C/C)C(C)(F)F)C1CC1)N1CCN(C(=C)c2ccc(SC)cc2F)CC1. The van der Waals surface area contributed by atoms with E-state index in [1.54, 1.807) is 25.1 Å². The molecule has 1 aromatic carbocycles. The van der Waals surface area contributed by atoms with E-state index in [9.17, 15) is 13.2 Å². The Morgan fingerprint density at radius 2 is 1.74 bits per heavy atom. The molecule has 3 rings (SSSR count). The second kappa shape index (κ2) is 9.60. The van der Waals surface area contributed by atoms with Crippen LogP contribution in [0.5, 0.6) is 0 Å². The van der Waals surface area contributed by atoms with Crippen LogP contribution in [-0.2, 0) is 0 Å². The Morgan fingerprint density at radius 1 is 1.13 bits per heavy atom. The van der Waals surface area contributed by atoms with E-state index in [2.05, 4.69) is 23.0 Å². The second-order valence-electron chi connectivity index (χ2n) is 8.22. The standard InChI is InChI=1S/C25H31F3N2S/c1-6-20(25(4,27)28)15-23(19-7-8-19)18(3)30-13-11-29(12-14-30)17(2)22-10-9-21(31-5)16-24(22)26/h6,9-10,15-16,19H,2-3,7-8,11-14H2,1,4-5H3/b20-6+,23-15+. The third-order valence-electron chi connectivity index (χ3n) is 6.01. The lowest BCUT2D eigenvalue weighted by atomic mass is 10.00. The van der Waals surface area contributed by atoms with Gasteiger partial charge in [-0.2, -0.15) is 0 Å². The van der Waals surface area contributed by atoms with Gasteiger partial charge in [-0.25, -0.2) is 13.2 Å². The van der Waals surface area contributed by atoms with Crippen LogP contribution in [0, 0.1) is 11.7 Å². The molecular formula is C25H31F3N2S. The average molecular weight is 449 g/mol. The van der Waals surface area contributed by atoms with Gasteiger partial charge in [0.15, 0.2) is 0 Å². The van der Waals surface area contributed by atoms with Crippen molar-refractivity contribution < 1.29 is 13.2 Å². The molecule has 1 heterocycles. The summed E-state index contributed by atoms with van der Waals surface area (Å²) in [6.07, 6.45) is 7.06. The Labute approximate surface area is 188 Å². The molecule has 1 aliphatic heterocycles. The first-order valence-electron chi connectivity index (χ1n) is 10.6. The predicted octanol–water partition coefficient (Wildman–Crippen LogP) is 6.59. The van der Waals surface area contributed by atoms with E-state index >= 15 is 0 Å². The molecule has 2 aliphatic rings. The van der Waals surface area contributed by atoms with Crippen molar-refractivity contribution >= 4 is 17.5 Å². The minimum absolute atomic E-state index is 0.0340. The lowest BCUT2D eigenvalue weighted by molar-refractivity contribution is 0.0672. The maximum atomic E-state index is 14.5. The molecule has 0 amide bonds. The fourth-order valence-corrected chi connectivity index (χ4v) is 4.34. The lowest BCUT2D eigenvalue weighted by Crippen LogP contribution is -2.45. The van der Waals surface area contributed by atoms with Crippen molar-refractivity contribution in [1.82, 2.24) is 9.80 Å². The summed E-state index contributed by atoms with van der Waals surface area (Å²) in [6, 6.07) is 5.23. The van der Waals surface area contributed by atoms with Gasteiger partial charge in [-0.1, -0.05) is 19.2 Å². The van der Waals surface area contributed by atoms with Crippen molar-refractivity contribution in [1.29, 1.82) is 0 Å². The van der Waals surface area contributed by atoms with Crippen LogP contribution < -0.4 is 0 Å². The molecule has 1 aliphatic carbocycles. The first-order chi connectivity index (χ1) is 14.7. The van der Waals surface area contributed by atoms with Crippen LogP contribution >= 0.6 is 11.8 Å². The summed E-state index contributed by atoms with van der Waals surface area (Å²) in [5.41, 5.74) is 2.97. The topological polar surface area (TPSA) is 6.48 Å². The summed E-state index contributed by atoms with van der Waals surface area (Å²) < 4.78 is 42.3. The van der Waals surface area contributed by atoms with Crippen molar-refractivity contribution in [3.63, 3.8) is 0 Å². The zero-order valence-electron chi connectivity index (χ0n) is 18.6. The van der Waals surface area contributed by atoms with E-state index < -0.39 is 5.92 Å². The fourth-order valence-electron chi connectivity index (χ4n) is 3.92. The molecule has 0 atom stereocenters. The summed E-state index contributed by atoms with van der Waals surface area (Å²) in [6.45, 7) is 13.7. The number of halogens is 3. The zero-order valence-corrected chi connectivity index (χ0v) is 19.4. The van der Waals surface area contributed by atoms with Crippen molar-refractivity contribution in [2.45, 2.75) is 37.5 Å². The molecule has 2 fully saturated rings. The monoisotopic (exact) mass is 448 g/mol. The maximum absolute atomic E-state index is 14.5. The van der Waals surface area contributed by atoms with Gasteiger partial charge in [0, 0.05) is 60.5 Å². The molecule has 1 saturated heterocycles. The smallest absolute Gasteiger partial charge is 0.270 e. The van der Waals surface area contributed by atoms with Crippen LogP contribution in [0.4, 0.5) is 13.2 Å². The van der Waals surface area contributed by atoms with E-state index in [4.69, 9.17) is 0 Å². The highest BCUT2D eigenvalue weighted by molar-refractivity contribution is 7.98. The van der Waals surface area contributed by atoms with E-state index in [0.717, 1.165) is 35.9 Å². The van der Waals surface area contributed by atoms with Crippen LogP contribution in [0.1, 0.15) is 32.3 Å². The highest BCUT2D eigenvalue weighted by Gasteiger charge is 2.33. The molecule has 0 radical (unpaired) electrons. The van der Waals surface area contributed by atoms with Gasteiger partial charge < -0.3 is 9.80 Å². The maximum Gasteiger partial charge on any atom is 0.270 e. The summed E-state index contributed by atoms with van der Waals surface area (Å²) in [7, 11) is 0. The Morgan fingerprint density at radius 3 is 2.23 bits per heavy atom. The Balaban J connectivity index is 1.68. The molecule has 2 nitrogen and oxygen atoms in total. The van der Waals surface area contributed by atoms with Crippen molar-refractivity contribution in [2.75, 3.05) is 32.4 Å². The third-order valence-corrected chi connectivity index (χ3v) is 6.73. The van der Waals surface area contributed by atoms with Crippen LogP contribution in [0.2, 0.25) is 0 Å². The minimum atomic E-state index is -2.87. The summed E-state index contributed by atoms with van der Waals surface area (Å²) in [4.78, 5) is 5.12. The molecule has 168 valence electrons. The van der Waals surface area contributed by atoms with E-state index in [-0.39, 0.29) is 11.4 Å². The molecule has 0 spiro atoms. The molecule has 1 aromatic rings. The Hall–Kier alpha value is -2.08. The Bertz CT molecular complexity index is 902. The number of hydrogen-bond acceptors (Lipinski definition) is 3. The normalized spacial score (nSPS) is 18.4. The van der Waals surface area contributed by atoms with Gasteiger partial charge in [-0.15, -0.1) is 11.8 Å². The molecule has 0 bridgehead atoms. The summed E-state index contributed by atoms with van der Waals surface area (Å²) in [5.74, 6) is -2.83. The highest BCUT2D eigenvalue weighted by atomic mass is 32.2. The van der Waals surface area contributed by atoms with Gasteiger partial charge in [0.25, 0.3) is 5.92 Å². The number of benzene rings is 1. The number of hydrogen-bond donors (Lipinski definition) is 0. The van der Waals surface area contributed by atoms with Crippen molar-refractivity contribution in [3.8, 4) is 0 Å². The fraction of sp³-hybridized carbons (Fsp3) is 0.440. The average Bonchev–Trinajstić information content (AvgIpc) is 3.58. The molecule has 1 saturated carbocycles. The molecule has 6 heteroatoms. The zero-order chi connectivity index (χ0) is 22.8. The van der Waals surface area contributed by atoms with Crippen LogP contribution in [0.3, 0.4) is 0 Å². The minimum Gasteiger partial charge on any atom is -0.368 e. The summed E-state index contributed by atoms with van der Waals surface area (Å²) >= 11 is 1.50. The number of allylic oxidation sites excluding steroid dienone is 4. The van der Waals surface area contributed by atoms with Crippen LogP contribution in [0.25, 0.3) is 5.70 Å². The number of piperazine rings is 1. The van der Waals surface area contributed by atoms with Gasteiger partial charge >= 0.3 is 0 Å². The molecule has 31 heavy (non-hydrogen) atoms. The first kappa shape index (κ1) is 23.6. The second-order valence-corrected chi connectivity index (χ2v) is 9.10. The van der Waals surface area contributed by atoms with E-state index in [0.29, 0.717) is 43.4 Å². The largest absolute Gasteiger partial charge is 0.368 e. The predicted molar refractivity (Wildman–Crippen MR) is 125 cm³/mol. The quantitative estimate of drug-likeness (QED) is 0.327. The molecule has 0 aromatic heterocycles. The van der Waals surface area contributed by atoms with Gasteiger partial charge in [0.2, 0.25) is 0 Å². The highest BCUT2D eigenvalue weighted by Crippen LogP contribution is 2.42. The van der Waals surface area contributed by atoms with E-state index in [1.165, 1.54) is 17.8 Å². The van der Waals surface area contributed by atoms with Gasteiger partial charge in [0.1, 0.15) is 5.82 Å². The number of nitrogens with zero attached hydrogens (tertiary/aromatic N) is 2. The van der Waals surface area contributed by atoms with Gasteiger partial charge in [-0.05, 0) is 61.8 Å². The van der Waals surface area contributed by atoms with E-state index in [1.807, 2.05) is 12.3 Å². The molecule has 0 N–H and O–H groups in total. The lowest BCUT2D eigenvalue weighted by Gasteiger charge is -2.39. The van der Waals surface area contributed by atoms with Crippen LogP contribution in [-0.4, -0.2) is 48.2 Å². The third kappa shape index (κ3) is 5.59. The van der Waals surface area contributed by atoms with Gasteiger partial charge in [0.05, 0.1) is 0 Å². The van der Waals surface area contributed by atoms with Crippen LogP contribution in [0.15, 0.2) is 65.2 Å². The van der Waals surface area contributed by atoms with Crippen molar-refractivity contribution in [3.05, 3.63) is 71.7 Å². The van der Waals surface area contributed by atoms with Gasteiger partial charge in [-0.3, -0.25) is 0 Å². The number of alkyl halides is 2. The molecular weight excluding hydrogens is 417 g/mol. The summed E-state index contributed by atoms with van der Waals surface area (Å²) in [5, 5.41) is 0.